The molecule has 6 bridgehead atoms. The number of esters is 3. The molecule has 17 rings (SSSR count). The Bertz CT molecular complexity index is 4350. The maximum atomic E-state index is 14.5. The van der Waals surface area contributed by atoms with Crippen LogP contribution < -0.4 is 28.4 Å². The summed E-state index contributed by atoms with van der Waals surface area (Å²) in [6, 6.07) is 30.5. The van der Waals surface area contributed by atoms with Crippen molar-refractivity contribution in [2.24, 2.45) is 0 Å². The minimum Gasteiger partial charge on any atom is -0.488 e. The number of carbonyl (C=O) groups is 3. The lowest BCUT2D eigenvalue weighted by Crippen LogP contribution is -2.17. The summed E-state index contributed by atoms with van der Waals surface area (Å²) in [5.74, 6) is 2.16. The quantitative estimate of drug-likeness (QED) is 0.0813. The summed E-state index contributed by atoms with van der Waals surface area (Å²) in [5, 5.41) is 0. The third-order valence-corrected chi connectivity index (χ3v) is 23.7. The first-order valence-corrected chi connectivity index (χ1v) is 38.7. The van der Waals surface area contributed by atoms with Gasteiger partial charge in [0.2, 0.25) is 0 Å². The third-order valence-electron chi connectivity index (χ3n) is 23.7. The van der Waals surface area contributed by atoms with Crippen molar-refractivity contribution in [3.63, 3.8) is 0 Å². The average molecular weight is 1410 g/mol. The Morgan fingerprint density at radius 2 is 0.410 bits per heavy atom. The number of fused-ring (bicyclic) bond motifs is 24. The van der Waals surface area contributed by atoms with Crippen molar-refractivity contribution in [1.29, 1.82) is 0 Å². The molecule has 12 heteroatoms. The van der Waals surface area contributed by atoms with Gasteiger partial charge in [0, 0.05) is 33.4 Å². The van der Waals surface area contributed by atoms with Gasteiger partial charge in [-0.3, -0.25) is 0 Å². The van der Waals surface area contributed by atoms with Crippen LogP contribution in [0.4, 0.5) is 0 Å². The van der Waals surface area contributed by atoms with Crippen LogP contribution >= 0.6 is 0 Å². The van der Waals surface area contributed by atoms with Crippen LogP contribution in [-0.4, -0.2) is 57.5 Å². The fourth-order valence-electron chi connectivity index (χ4n) is 18.1. The minimum atomic E-state index is -0.788. The van der Waals surface area contributed by atoms with Crippen molar-refractivity contribution >= 4 is 17.9 Å². The van der Waals surface area contributed by atoms with Gasteiger partial charge in [-0.15, -0.1) is 0 Å². The predicted molar refractivity (Wildman–Crippen MR) is 410 cm³/mol. The van der Waals surface area contributed by atoms with Gasteiger partial charge < -0.3 is 42.6 Å². The van der Waals surface area contributed by atoms with Crippen molar-refractivity contribution in [1.82, 2.24) is 0 Å². The van der Waals surface area contributed by atoms with Crippen LogP contribution in [0.25, 0.3) is 33.4 Å². The first-order chi connectivity index (χ1) is 51.3. The number of carbonyl (C=O) groups excluding carboxylic acids is 3. The molecule has 0 spiro atoms. The van der Waals surface area contributed by atoms with Gasteiger partial charge in [-0.25, -0.2) is 14.4 Å². The molecule has 0 amide bonds. The van der Waals surface area contributed by atoms with Gasteiger partial charge in [0.15, 0.2) is 0 Å². The molecule has 12 nitrogen and oxygen atoms in total. The van der Waals surface area contributed by atoms with Crippen LogP contribution in [0.3, 0.4) is 0 Å². The fraction of sp³-hybridized carbons (Fsp3) is 0.387. The first-order valence-electron chi connectivity index (χ1n) is 38.7. The van der Waals surface area contributed by atoms with Crippen LogP contribution in [0, 0.1) is 20.8 Å². The van der Waals surface area contributed by atoms with Gasteiger partial charge in [0.25, 0.3) is 0 Å². The smallest absolute Gasteiger partial charge is 0.338 e. The summed E-state index contributed by atoms with van der Waals surface area (Å²) < 4.78 is 61.7. The lowest BCUT2D eigenvalue weighted by molar-refractivity contribution is 0.0530. The van der Waals surface area contributed by atoms with E-state index in [0.717, 1.165) is 238 Å². The number of hydrogen-bond donors (Lipinski definition) is 0. The van der Waals surface area contributed by atoms with Gasteiger partial charge in [-0.05, 0) is 346 Å². The van der Waals surface area contributed by atoms with E-state index in [4.69, 9.17) is 42.6 Å². The average Bonchev–Trinajstić information content (AvgIpc) is 0.758. The van der Waals surface area contributed by atoms with E-state index < -0.39 is 17.9 Å². The highest BCUT2D eigenvalue weighted by atomic mass is 16.5. The van der Waals surface area contributed by atoms with E-state index in [1.165, 1.54) is 85.0 Å². The Kier molecular flexibility index (Phi) is 20.1. The summed E-state index contributed by atoms with van der Waals surface area (Å²) in [4.78, 5) is 43.6. The Morgan fingerprint density at radius 1 is 0.229 bits per heavy atom. The molecular formula is C93H96O12. The van der Waals surface area contributed by atoms with Crippen molar-refractivity contribution in [2.45, 2.75) is 195 Å². The maximum absolute atomic E-state index is 14.5. The molecule has 0 fully saturated rings. The summed E-state index contributed by atoms with van der Waals surface area (Å²) in [6.45, 7) is 20.1. The molecule has 0 saturated heterocycles. The third kappa shape index (κ3) is 14.0. The molecule has 3 aliphatic heterocycles. The Labute approximate surface area is 618 Å². The highest BCUT2D eigenvalue weighted by Gasteiger charge is 2.33. The molecular weight excluding hydrogens is 1310 g/mol. The molecule has 0 saturated carbocycles. The zero-order valence-corrected chi connectivity index (χ0v) is 61.5. The molecule has 3 heterocycles. The van der Waals surface area contributed by atoms with Crippen molar-refractivity contribution in [3.8, 4) is 67.9 Å². The summed E-state index contributed by atoms with van der Waals surface area (Å²) >= 11 is 0. The van der Waals surface area contributed by atoms with Gasteiger partial charge in [0.05, 0.1) is 16.7 Å². The molecule has 0 N–H and O–H groups in total. The van der Waals surface area contributed by atoms with Crippen LogP contribution in [0.5, 0.6) is 34.5 Å². The molecule has 8 aromatic rings. The zero-order valence-electron chi connectivity index (χ0n) is 61.5. The molecule has 105 heavy (non-hydrogen) atoms. The molecule has 0 aromatic heterocycles. The van der Waals surface area contributed by atoms with E-state index in [9.17, 15) is 14.4 Å². The normalized spacial score (nSPS) is 18.0. The summed E-state index contributed by atoms with van der Waals surface area (Å²) in [6.07, 6.45) is 24.1. The van der Waals surface area contributed by atoms with E-state index in [0.29, 0.717) is 34.0 Å². The highest BCUT2D eigenvalue weighted by molar-refractivity contribution is 6.01. The lowest BCUT2D eigenvalue weighted by atomic mass is 9.80. The largest absolute Gasteiger partial charge is 0.488 e. The summed E-state index contributed by atoms with van der Waals surface area (Å²) in [5.41, 5.74) is 29.8. The number of hydrogen-bond acceptors (Lipinski definition) is 12. The van der Waals surface area contributed by atoms with Crippen LogP contribution in [0.15, 0.2) is 127 Å². The Morgan fingerprint density at radius 3 is 0.619 bits per heavy atom. The van der Waals surface area contributed by atoms with Crippen LogP contribution in [-0.2, 0) is 111 Å². The van der Waals surface area contributed by atoms with Crippen LogP contribution in [0.2, 0.25) is 0 Å². The maximum Gasteiger partial charge on any atom is 0.338 e. The van der Waals surface area contributed by atoms with E-state index in [1.807, 2.05) is 0 Å². The summed E-state index contributed by atoms with van der Waals surface area (Å²) in [7, 11) is 0. The van der Waals surface area contributed by atoms with Gasteiger partial charge >= 0.3 is 17.9 Å². The van der Waals surface area contributed by atoms with Crippen LogP contribution in [0.1, 0.15) is 208 Å². The molecule has 0 radical (unpaired) electrons. The van der Waals surface area contributed by atoms with E-state index in [2.05, 4.69) is 113 Å². The number of rotatable bonds is 0. The number of ether oxygens (including phenoxy) is 9. The topological polar surface area (TPSA) is 134 Å². The van der Waals surface area contributed by atoms with Gasteiger partial charge in [0.1, 0.15) is 94.0 Å². The minimum absolute atomic E-state index is 0.0361. The van der Waals surface area contributed by atoms with E-state index in [-0.39, 0.29) is 76.2 Å². The first kappa shape index (κ1) is 69.6. The Hall–Kier alpha value is -9.81. The molecule has 6 aliphatic carbocycles. The zero-order chi connectivity index (χ0) is 71.8. The Balaban J connectivity index is 0.904. The van der Waals surface area contributed by atoms with Gasteiger partial charge in [-0.2, -0.15) is 0 Å². The van der Waals surface area contributed by atoms with Gasteiger partial charge in [-0.1, -0.05) is 56.1 Å². The second-order valence-corrected chi connectivity index (χ2v) is 30.5. The molecule has 9 aliphatic rings. The van der Waals surface area contributed by atoms with Crippen molar-refractivity contribution < 1.29 is 57.0 Å². The fourth-order valence-corrected chi connectivity index (χ4v) is 18.1. The second-order valence-electron chi connectivity index (χ2n) is 30.5. The predicted octanol–water partition coefficient (Wildman–Crippen LogP) is 19.6. The number of benzene rings is 8. The monoisotopic (exact) mass is 1400 g/mol. The van der Waals surface area contributed by atoms with Crippen molar-refractivity contribution in [3.05, 3.63) is 244 Å². The second kappa shape index (κ2) is 30.3. The number of aryl methyl sites for hydroxylation is 6. The lowest BCUT2D eigenvalue weighted by Gasteiger charge is -2.29. The standard InChI is InChI=1S/C93H96O12/c1-55-46-97-79-37-31-61-19-7-13-25-70(61)85(79)88-73-28-16-10-22-64(73)34-40-82(88)100-52-76-58(4)77-53-101-83-41-35-65-23-11-17-29-74(65)89(83)86-71-26-14-8-20-62(71)32-38-80(86)98-47-56(2)50-104-92(95)68-43-67(91(94)103-49-55)44-69(45-68)93(96)105-51-57(3)48-99-81-39-33-63-21-9-15-27-72(63)87(81)90-75-30-18-12-24-66(75)36-42-84(90)102-54-78(59(76)5)60(77)6/h31-45H,1-3,7-30,46-54H2,4-6H3. The highest BCUT2D eigenvalue weighted by Crippen LogP contribution is 2.52. The molecule has 540 valence electrons. The SMILES string of the molecule is C=C1COC(=O)c2cc3cc(c2)C(=O)OCC(=C)COc2ccc4c(c2-c2c(ccc5c2CCCC5)OCc2c(C)c(c(C)c(c2C)COc2ccc5c(c2-c2c(ccc6c2CCCC6)OCC(=C)COC3=O)CCCC5)COc2ccc3c(c2-c2c(ccc5c2CCCC5)OC1)CCCC3)CCCC4. The molecule has 8 aromatic carbocycles. The molecule has 0 unspecified atom stereocenters. The molecule has 0 atom stereocenters. The van der Waals surface area contributed by atoms with Crippen molar-refractivity contribution in [2.75, 3.05) is 39.6 Å². The van der Waals surface area contributed by atoms with E-state index >= 15 is 0 Å². The van der Waals surface area contributed by atoms with E-state index in [1.54, 1.807) is 0 Å².